The van der Waals surface area contributed by atoms with E-state index in [-0.39, 0.29) is 28.8 Å². The third kappa shape index (κ3) is 5.62. The molecule has 2 aromatic carbocycles. The number of amides is 1. The topological polar surface area (TPSA) is 102 Å². The maximum absolute atomic E-state index is 13.7. The van der Waals surface area contributed by atoms with Gasteiger partial charge in [0.15, 0.2) is 10.7 Å². The monoisotopic (exact) mass is 523 g/mol. The molecular weight excluding hydrogens is 490 g/mol. The molecule has 2 heterocycles. The highest BCUT2D eigenvalue weighted by Crippen LogP contribution is 2.31. The van der Waals surface area contributed by atoms with Gasteiger partial charge in [0.25, 0.3) is 0 Å². The van der Waals surface area contributed by atoms with Crippen molar-refractivity contribution in [2.24, 2.45) is 5.92 Å². The van der Waals surface area contributed by atoms with E-state index in [2.05, 4.69) is 22.6 Å². The van der Waals surface area contributed by atoms with Gasteiger partial charge >= 0.3 is 0 Å². The number of aryl methyl sites for hydroxylation is 4. The van der Waals surface area contributed by atoms with Crippen molar-refractivity contribution in [1.82, 2.24) is 9.46 Å². The van der Waals surface area contributed by atoms with Crippen molar-refractivity contribution in [2.45, 2.75) is 45.4 Å². The van der Waals surface area contributed by atoms with E-state index in [1.807, 2.05) is 32.9 Å². The van der Waals surface area contributed by atoms with Crippen LogP contribution in [-0.4, -0.2) is 44.0 Å². The Morgan fingerprint density at radius 2 is 1.84 bits per heavy atom. The molecule has 1 unspecified atom stereocenters. The van der Waals surface area contributed by atoms with Crippen LogP contribution in [0.1, 0.15) is 46.5 Å². The lowest BCUT2D eigenvalue weighted by molar-refractivity contribution is -0.120. The van der Waals surface area contributed by atoms with E-state index in [0.29, 0.717) is 30.8 Å². The Morgan fingerprint density at radius 3 is 2.54 bits per heavy atom. The number of nitrogens with one attached hydrogen (secondary N) is 1. The Labute approximate surface area is 218 Å². The van der Waals surface area contributed by atoms with E-state index in [0.717, 1.165) is 16.7 Å². The number of benzene rings is 2. The number of methoxy groups -OCH3 is 1. The van der Waals surface area contributed by atoms with Crippen LogP contribution in [0, 0.1) is 33.6 Å². The third-order valence-electron chi connectivity index (χ3n) is 6.69. The molecule has 1 saturated heterocycles. The number of aromatic nitrogens is 1. The van der Waals surface area contributed by atoms with Gasteiger partial charge in [-0.15, -0.1) is 0 Å². The number of anilines is 1. The van der Waals surface area contributed by atoms with Crippen molar-refractivity contribution in [2.75, 3.05) is 25.5 Å². The average Bonchev–Trinajstić information content (AvgIpc) is 3.24. The van der Waals surface area contributed by atoms with Gasteiger partial charge in [0.1, 0.15) is 11.4 Å². The molecule has 0 radical (unpaired) electrons. The van der Waals surface area contributed by atoms with Crippen LogP contribution in [0.25, 0.3) is 12.2 Å². The van der Waals surface area contributed by atoms with Crippen LogP contribution in [0.4, 0.5) is 5.69 Å². The SMILES string of the molecule is COc1ccccc1NC(=O)C1CCCN(S(=O)(=O)c2c(C)noc2C=Cc2c(C)cc(C)cc2C)C1. The Balaban J connectivity index is 1.57. The van der Waals surface area contributed by atoms with Crippen LogP contribution in [0.5, 0.6) is 5.75 Å². The van der Waals surface area contributed by atoms with Gasteiger partial charge in [0.05, 0.1) is 18.7 Å². The van der Waals surface area contributed by atoms with Gasteiger partial charge in [-0.3, -0.25) is 4.79 Å². The molecule has 1 amide bonds. The minimum atomic E-state index is -3.94. The molecule has 0 bridgehead atoms. The highest BCUT2D eigenvalue weighted by atomic mass is 32.2. The fourth-order valence-corrected chi connectivity index (χ4v) is 6.67. The molecule has 3 aromatic rings. The summed E-state index contributed by atoms with van der Waals surface area (Å²) in [5.41, 5.74) is 5.20. The van der Waals surface area contributed by atoms with Gasteiger partial charge in [-0.25, -0.2) is 8.42 Å². The first-order valence-electron chi connectivity index (χ1n) is 12.3. The second kappa shape index (κ2) is 10.9. The number of para-hydroxylation sites is 2. The maximum Gasteiger partial charge on any atom is 0.248 e. The summed E-state index contributed by atoms with van der Waals surface area (Å²) in [4.78, 5) is 13.1. The summed E-state index contributed by atoms with van der Waals surface area (Å²) >= 11 is 0. The number of hydrogen-bond donors (Lipinski definition) is 1. The van der Waals surface area contributed by atoms with E-state index in [4.69, 9.17) is 9.26 Å². The molecule has 1 N–H and O–H groups in total. The molecular formula is C28H33N3O5S. The number of carbonyl (C=O) groups excluding carboxylic acids is 1. The lowest BCUT2D eigenvalue weighted by atomic mass is 9.98. The van der Waals surface area contributed by atoms with E-state index >= 15 is 0 Å². The molecule has 37 heavy (non-hydrogen) atoms. The van der Waals surface area contributed by atoms with Crippen LogP contribution >= 0.6 is 0 Å². The Morgan fingerprint density at radius 1 is 1.14 bits per heavy atom. The highest BCUT2D eigenvalue weighted by Gasteiger charge is 2.37. The van der Waals surface area contributed by atoms with Crippen LogP contribution < -0.4 is 10.1 Å². The van der Waals surface area contributed by atoms with Crippen molar-refractivity contribution in [3.8, 4) is 5.75 Å². The normalized spacial score (nSPS) is 16.7. The fraction of sp³-hybridized carbons (Fsp3) is 0.357. The third-order valence-corrected chi connectivity index (χ3v) is 8.71. The predicted octanol–water partition coefficient (Wildman–Crippen LogP) is 5.13. The first-order chi connectivity index (χ1) is 17.6. The molecule has 1 atom stereocenters. The average molecular weight is 524 g/mol. The minimum Gasteiger partial charge on any atom is -0.495 e. The molecule has 4 rings (SSSR count). The number of piperidine rings is 1. The molecule has 8 nitrogen and oxygen atoms in total. The lowest BCUT2D eigenvalue weighted by Gasteiger charge is -2.31. The van der Waals surface area contributed by atoms with Crippen LogP contribution in [0.2, 0.25) is 0 Å². The number of rotatable bonds is 7. The molecule has 1 aromatic heterocycles. The number of carbonyl (C=O) groups is 1. The molecule has 9 heteroatoms. The van der Waals surface area contributed by atoms with Crippen molar-refractivity contribution in [1.29, 1.82) is 0 Å². The molecule has 0 aliphatic carbocycles. The Hall–Kier alpha value is -3.43. The van der Waals surface area contributed by atoms with Gasteiger partial charge in [-0.05, 0) is 75.4 Å². The van der Waals surface area contributed by atoms with Crippen LogP contribution in [-0.2, 0) is 14.8 Å². The molecule has 196 valence electrons. The summed E-state index contributed by atoms with van der Waals surface area (Å²) in [6.45, 7) is 8.10. The van der Waals surface area contributed by atoms with E-state index in [9.17, 15) is 13.2 Å². The molecule has 1 fully saturated rings. The number of sulfonamides is 1. The predicted molar refractivity (Wildman–Crippen MR) is 144 cm³/mol. The zero-order valence-corrected chi connectivity index (χ0v) is 22.7. The summed E-state index contributed by atoms with van der Waals surface area (Å²) in [5, 5.41) is 6.84. The Bertz CT molecular complexity index is 1420. The zero-order chi connectivity index (χ0) is 26.7. The molecule has 1 aliphatic rings. The Kier molecular flexibility index (Phi) is 7.85. The summed E-state index contributed by atoms with van der Waals surface area (Å²) < 4.78 is 39.6. The molecule has 1 aliphatic heterocycles. The van der Waals surface area contributed by atoms with Gasteiger partial charge in [0, 0.05) is 13.1 Å². The summed E-state index contributed by atoms with van der Waals surface area (Å²) in [5.74, 6) is -0.00785. The quantitative estimate of drug-likeness (QED) is 0.461. The van der Waals surface area contributed by atoms with E-state index < -0.39 is 15.9 Å². The molecule has 0 spiro atoms. The summed E-state index contributed by atoms with van der Waals surface area (Å²) in [6, 6.07) is 11.3. The van der Waals surface area contributed by atoms with E-state index in [1.165, 1.54) is 17.0 Å². The summed E-state index contributed by atoms with van der Waals surface area (Å²) in [7, 11) is -2.41. The lowest BCUT2D eigenvalue weighted by Crippen LogP contribution is -2.43. The number of nitrogens with zero attached hydrogens (tertiary/aromatic N) is 2. The van der Waals surface area contributed by atoms with Crippen LogP contribution in [0.3, 0.4) is 0 Å². The number of ether oxygens (including phenoxy) is 1. The second-order valence-electron chi connectivity index (χ2n) is 9.50. The van der Waals surface area contributed by atoms with Crippen molar-refractivity contribution >= 4 is 33.8 Å². The standard InChI is InChI=1S/C28H33N3O5S/c1-18-15-19(2)23(20(3)16-18)12-13-26-27(21(4)30-36-26)37(33,34)31-14-8-9-22(17-31)28(32)29-24-10-6-7-11-25(24)35-5/h6-7,10-13,15-16,22H,8-9,14,17H2,1-5H3,(H,29,32). The van der Waals surface area contributed by atoms with Crippen LogP contribution in [0.15, 0.2) is 45.8 Å². The van der Waals surface area contributed by atoms with Gasteiger partial charge in [-0.1, -0.05) is 41.1 Å². The largest absolute Gasteiger partial charge is 0.495 e. The number of hydrogen-bond acceptors (Lipinski definition) is 6. The first kappa shape index (κ1) is 26.6. The summed E-state index contributed by atoms with van der Waals surface area (Å²) in [6.07, 6.45) is 4.69. The first-order valence-corrected chi connectivity index (χ1v) is 13.7. The minimum absolute atomic E-state index is 0.0388. The smallest absolute Gasteiger partial charge is 0.248 e. The van der Waals surface area contributed by atoms with Crippen molar-refractivity contribution in [3.05, 3.63) is 70.1 Å². The zero-order valence-electron chi connectivity index (χ0n) is 21.9. The fourth-order valence-electron chi connectivity index (χ4n) is 4.90. The molecule has 0 saturated carbocycles. The van der Waals surface area contributed by atoms with Crippen molar-refractivity contribution in [3.63, 3.8) is 0 Å². The van der Waals surface area contributed by atoms with Crippen molar-refractivity contribution < 1.29 is 22.5 Å². The maximum atomic E-state index is 13.7. The van der Waals surface area contributed by atoms with E-state index in [1.54, 1.807) is 31.2 Å². The second-order valence-corrected chi connectivity index (χ2v) is 11.4. The highest BCUT2D eigenvalue weighted by molar-refractivity contribution is 7.89. The van der Waals surface area contributed by atoms with Gasteiger partial charge < -0.3 is 14.6 Å². The van der Waals surface area contributed by atoms with Gasteiger partial charge in [-0.2, -0.15) is 4.31 Å². The van der Waals surface area contributed by atoms with Gasteiger partial charge in [0.2, 0.25) is 15.9 Å².